The fourth-order valence-corrected chi connectivity index (χ4v) is 3.18. The van der Waals surface area contributed by atoms with Crippen LogP contribution >= 0.6 is 0 Å². The highest BCUT2D eigenvalue weighted by molar-refractivity contribution is 5.65. The van der Waals surface area contributed by atoms with Crippen molar-refractivity contribution in [2.45, 2.75) is 12.3 Å². The molecule has 6 nitrogen and oxygen atoms in total. The minimum Gasteiger partial charge on any atom is -0.465 e. The van der Waals surface area contributed by atoms with E-state index in [0.29, 0.717) is 24.3 Å². The van der Waals surface area contributed by atoms with E-state index in [9.17, 15) is 4.79 Å². The third kappa shape index (κ3) is 1.44. The number of amides is 1. The first kappa shape index (κ1) is 10.6. The molecule has 3 rings (SSSR count). The van der Waals surface area contributed by atoms with E-state index >= 15 is 0 Å². The Morgan fingerprint density at radius 2 is 2.41 bits per heavy atom. The Morgan fingerprint density at radius 3 is 2.94 bits per heavy atom. The molecular formula is C11H15N3O3. The zero-order valence-electron chi connectivity index (χ0n) is 9.56. The summed E-state index contributed by atoms with van der Waals surface area (Å²) < 4.78 is 5.26. The normalized spacial score (nSPS) is 34.4. The maximum Gasteiger partial charge on any atom is 0.404 e. The lowest BCUT2D eigenvalue weighted by molar-refractivity contribution is 0.192. The lowest BCUT2D eigenvalue weighted by atomic mass is 9.96. The fraction of sp³-hybridized carbons (Fsp3) is 0.636. The number of aryl methyl sites for hydroxylation is 1. The minimum absolute atomic E-state index is 0.151. The second kappa shape index (κ2) is 3.46. The third-order valence-electron chi connectivity index (χ3n) is 4.06. The topological polar surface area (TPSA) is 87.4 Å². The largest absolute Gasteiger partial charge is 0.465 e. The van der Waals surface area contributed by atoms with Crippen molar-refractivity contribution in [2.24, 2.45) is 11.8 Å². The van der Waals surface area contributed by atoms with Crippen molar-refractivity contribution >= 4 is 6.09 Å². The summed E-state index contributed by atoms with van der Waals surface area (Å²) >= 11 is 0. The van der Waals surface area contributed by atoms with E-state index < -0.39 is 6.09 Å². The lowest BCUT2D eigenvalue weighted by Gasteiger charge is -2.18. The maximum absolute atomic E-state index is 10.7. The van der Waals surface area contributed by atoms with Crippen molar-refractivity contribution in [3.05, 3.63) is 17.8 Å². The number of carbonyl (C=O) groups is 1. The molecule has 0 spiro atoms. The summed E-state index contributed by atoms with van der Waals surface area (Å²) in [4.78, 5) is 15.0. The number of piperidine rings is 1. The monoisotopic (exact) mass is 237 g/mol. The van der Waals surface area contributed by atoms with E-state index in [2.05, 4.69) is 15.6 Å². The van der Waals surface area contributed by atoms with E-state index in [1.165, 1.54) is 0 Å². The van der Waals surface area contributed by atoms with Crippen molar-refractivity contribution in [1.29, 1.82) is 0 Å². The number of rotatable bonds is 3. The highest BCUT2D eigenvalue weighted by Crippen LogP contribution is 2.60. The molecule has 1 unspecified atom stereocenters. The summed E-state index contributed by atoms with van der Waals surface area (Å²) in [5.74, 6) is 1.57. The van der Waals surface area contributed by atoms with Crippen LogP contribution in [0.4, 0.5) is 4.79 Å². The van der Waals surface area contributed by atoms with E-state index in [-0.39, 0.29) is 5.41 Å². The summed E-state index contributed by atoms with van der Waals surface area (Å²) in [5.41, 5.74) is 0.738. The van der Waals surface area contributed by atoms with Crippen LogP contribution in [0.5, 0.6) is 0 Å². The molecule has 92 valence electrons. The van der Waals surface area contributed by atoms with Crippen LogP contribution in [0, 0.1) is 18.8 Å². The molecule has 17 heavy (non-hydrogen) atoms. The summed E-state index contributed by atoms with van der Waals surface area (Å²) in [6, 6.07) is 0. The molecule has 1 aliphatic carbocycles. The number of oxazole rings is 1. The number of nitrogens with zero attached hydrogens (tertiary/aromatic N) is 1. The second-order valence-electron chi connectivity index (χ2n) is 4.82. The lowest BCUT2D eigenvalue weighted by Crippen LogP contribution is -2.37. The van der Waals surface area contributed by atoms with Gasteiger partial charge in [-0.1, -0.05) is 0 Å². The Morgan fingerprint density at radius 1 is 1.71 bits per heavy atom. The molecule has 6 heteroatoms. The third-order valence-corrected chi connectivity index (χ3v) is 4.06. The Kier molecular flexibility index (Phi) is 2.16. The number of nitrogens with one attached hydrogen (secondary N) is 2. The number of hydrogen-bond donors (Lipinski definition) is 3. The van der Waals surface area contributed by atoms with Crippen LogP contribution in [0.15, 0.2) is 10.7 Å². The van der Waals surface area contributed by atoms with Gasteiger partial charge in [0.25, 0.3) is 0 Å². The van der Waals surface area contributed by atoms with Crippen LogP contribution in [0.3, 0.4) is 0 Å². The SMILES string of the molecule is Cc1nc(C2(CNC(=O)O)[C@@H]3CNC[C@@H]32)co1. The number of fused-ring (bicyclic) bond motifs is 1. The highest BCUT2D eigenvalue weighted by Gasteiger charge is 2.68. The van der Waals surface area contributed by atoms with Crippen LogP contribution < -0.4 is 10.6 Å². The summed E-state index contributed by atoms with van der Waals surface area (Å²) in [6.07, 6.45) is 0.680. The van der Waals surface area contributed by atoms with Crippen molar-refractivity contribution < 1.29 is 14.3 Å². The molecule has 1 aromatic heterocycles. The molecule has 0 aromatic carbocycles. The summed E-state index contributed by atoms with van der Waals surface area (Å²) in [6.45, 7) is 4.08. The molecule has 2 aliphatic rings. The molecule has 1 saturated heterocycles. The maximum atomic E-state index is 10.7. The molecule has 2 fully saturated rings. The molecule has 0 radical (unpaired) electrons. The van der Waals surface area contributed by atoms with Crippen LogP contribution in [0.2, 0.25) is 0 Å². The van der Waals surface area contributed by atoms with E-state index in [0.717, 1.165) is 18.8 Å². The number of carboxylic acid groups (broad SMARTS) is 1. The Hall–Kier alpha value is -1.56. The fourth-order valence-electron chi connectivity index (χ4n) is 3.18. The molecule has 3 N–H and O–H groups in total. The average Bonchev–Trinajstić information content (AvgIpc) is 2.73. The Bertz CT molecular complexity index is 447. The first-order valence-electron chi connectivity index (χ1n) is 5.74. The van der Waals surface area contributed by atoms with Gasteiger partial charge in [-0.25, -0.2) is 9.78 Å². The number of aromatic nitrogens is 1. The van der Waals surface area contributed by atoms with Gasteiger partial charge in [-0.05, 0) is 24.9 Å². The predicted molar refractivity (Wildman–Crippen MR) is 58.8 cm³/mol. The van der Waals surface area contributed by atoms with Crippen molar-refractivity contribution in [3.63, 3.8) is 0 Å². The van der Waals surface area contributed by atoms with Gasteiger partial charge < -0.3 is 20.2 Å². The van der Waals surface area contributed by atoms with Gasteiger partial charge in [0, 0.05) is 18.9 Å². The molecule has 0 bridgehead atoms. The molecule has 1 amide bonds. The highest BCUT2D eigenvalue weighted by atomic mass is 16.4. The first-order valence-corrected chi connectivity index (χ1v) is 5.74. The van der Waals surface area contributed by atoms with Crippen molar-refractivity contribution in [1.82, 2.24) is 15.6 Å². The van der Waals surface area contributed by atoms with Crippen molar-refractivity contribution in [3.8, 4) is 0 Å². The quantitative estimate of drug-likeness (QED) is 0.705. The Labute approximate surface area is 98.4 Å². The predicted octanol–water partition coefficient (Wildman–Crippen LogP) is 0.338. The zero-order valence-corrected chi connectivity index (χ0v) is 9.56. The van der Waals surface area contributed by atoms with E-state index in [4.69, 9.17) is 9.52 Å². The zero-order chi connectivity index (χ0) is 12.0. The summed E-state index contributed by atoms with van der Waals surface area (Å²) in [5, 5.41) is 14.5. The molecule has 2 heterocycles. The molecule has 1 saturated carbocycles. The van der Waals surface area contributed by atoms with Gasteiger partial charge in [-0.15, -0.1) is 0 Å². The smallest absolute Gasteiger partial charge is 0.404 e. The second-order valence-corrected chi connectivity index (χ2v) is 4.82. The van der Waals surface area contributed by atoms with Crippen LogP contribution in [-0.2, 0) is 5.41 Å². The molecule has 1 aliphatic heterocycles. The van der Waals surface area contributed by atoms with Crippen LogP contribution in [0.25, 0.3) is 0 Å². The number of hydrogen-bond acceptors (Lipinski definition) is 4. The van der Waals surface area contributed by atoms with Gasteiger partial charge in [-0.2, -0.15) is 0 Å². The van der Waals surface area contributed by atoms with E-state index in [1.54, 1.807) is 13.2 Å². The standard InChI is InChI=1S/C11H15N3O3/c1-6-14-9(4-17-6)11(5-13-10(15)16)7-2-12-3-8(7)11/h4,7-8,12-13H,2-3,5H2,1H3,(H,15,16)/t7-,8+,11?. The average molecular weight is 237 g/mol. The molecule has 1 aromatic rings. The van der Waals surface area contributed by atoms with Gasteiger partial charge in [0.05, 0.1) is 5.69 Å². The van der Waals surface area contributed by atoms with Gasteiger partial charge in [-0.3, -0.25) is 0 Å². The summed E-state index contributed by atoms with van der Waals surface area (Å²) in [7, 11) is 0. The van der Waals surface area contributed by atoms with Crippen molar-refractivity contribution in [2.75, 3.05) is 19.6 Å². The van der Waals surface area contributed by atoms with Gasteiger partial charge >= 0.3 is 6.09 Å². The molecule has 3 atom stereocenters. The first-order chi connectivity index (χ1) is 8.14. The van der Waals surface area contributed by atoms with Gasteiger partial charge in [0.2, 0.25) is 0 Å². The van der Waals surface area contributed by atoms with Gasteiger partial charge in [0.15, 0.2) is 5.89 Å². The van der Waals surface area contributed by atoms with Crippen LogP contribution in [0.1, 0.15) is 11.6 Å². The van der Waals surface area contributed by atoms with Gasteiger partial charge in [0.1, 0.15) is 6.26 Å². The van der Waals surface area contributed by atoms with Crippen LogP contribution in [-0.4, -0.2) is 35.8 Å². The molecular weight excluding hydrogens is 222 g/mol. The van der Waals surface area contributed by atoms with E-state index in [1.807, 2.05) is 0 Å². The minimum atomic E-state index is -0.984. The Balaban J connectivity index is 1.86.